The van der Waals surface area contributed by atoms with E-state index in [9.17, 15) is 4.79 Å². The van der Waals surface area contributed by atoms with Crippen molar-refractivity contribution >= 4 is 23.4 Å². The number of nitrogens with zero attached hydrogens (tertiary/aromatic N) is 3. The van der Waals surface area contributed by atoms with Crippen LogP contribution in [0.15, 0.2) is 84.5 Å². The van der Waals surface area contributed by atoms with Crippen LogP contribution in [-0.2, 0) is 4.79 Å². The highest BCUT2D eigenvalue weighted by atomic mass is 16.5. The first kappa shape index (κ1) is 24.1. The van der Waals surface area contributed by atoms with Crippen molar-refractivity contribution in [3.63, 3.8) is 0 Å². The molecule has 0 unspecified atom stereocenters. The van der Waals surface area contributed by atoms with E-state index >= 15 is 0 Å². The monoisotopic (exact) mass is 494 g/mol. The van der Waals surface area contributed by atoms with Crippen LogP contribution in [0, 0.1) is 5.41 Å². The molecule has 1 aliphatic heterocycles. The van der Waals surface area contributed by atoms with Gasteiger partial charge in [0.25, 0.3) is 5.91 Å². The first-order valence-electron chi connectivity index (χ1n) is 12.4. The van der Waals surface area contributed by atoms with Crippen LogP contribution in [0.2, 0.25) is 0 Å². The molecule has 188 valence electrons. The quantitative estimate of drug-likeness (QED) is 0.346. The number of amides is 1. The van der Waals surface area contributed by atoms with Crippen LogP contribution < -0.4 is 21.1 Å². The minimum atomic E-state index is -0.139. The second-order valence-electron chi connectivity index (χ2n) is 9.06. The largest absolute Gasteiger partial charge is 0.457 e. The minimum Gasteiger partial charge on any atom is -0.457 e. The molecular weight excluding hydrogens is 464 g/mol. The third-order valence-electron chi connectivity index (χ3n) is 6.58. The van der Waals surface area contributed by atoms with Crippen molar-refractivity contribution in [2.24, 2.45) is 5.73 Å². The van der Waals surface area contributed by atoms with Crippen LogP contribution in [0.5, 0.6) is 11.5 Å². The minimum absolute atomic E-state index is 0.0773. The average molecular weight is 495 g/mol. The molecule has 5 rings (SSSR count). The predicted octanol–water partition coefficient (Wildman–Crippen LogP) is 4.33. The molecule has 2 aromatic carbocycles. The zero-order valence-corrected chi connectivity index (χ0v) is 20.6. The molecule has 0 atom stereocenters. The van der Waals surface area contributed by atoms with E-state index in [0.717, 1.165) is 35.3 Å². The fourth-order valence-corrected chi connectivity index (χ4v) is 4.64. The van der Waals surface area contributed by atoms with Crippen LogP contribution in [0.3, 0.4) is 0 Å². The lowest BCUT2D eigenvalue weighted by atomic mass is 9.99. The number of benzene rings is 2. The molecule has 1 saturated heterocycles. The van der Waals surface area contributed by atoms with Crippen molar-refractivity contribution in [2.75, 3.05) is 36.8 Å². The van der Waals surface area contributed by atoms with E-state index in [0.29, 0.717) is 43.3 Å². The maximum Gasteiger partial charge on any atom is 0.253 e. The first-order chi connectivity index (χ1) is 18.0. The second-order valence-corrected chi connectivity index (χ2v) is 9.06. The van der Waals surface area contributed by atoms with Crippen LogP contribution >= 0.6 is 0 Å². The number of ether oxygens (including phenoxy) is 1. The Bertz CT molecular complexity index is 1360. The third-order valence-corrected chi connectivity index (χ3v) is 6.58. The lowest BCUT2D eigenvalue weighted by Crippen LogP contribution is -2.49. The molecule has 1 amide bonds. The van der Waals surface area contributed by atoms with E-state index in [1.807, 2.05) is 77.7 Å². The first-order valence-corrected chi connectivity index (χ1v) is 12.4. The summed E-state index contributed by atoms with van der Waals surface area (Å²) in [5.74, 6) is 2.30. The number of pyridine rings is 1. The molecule has 1 aliphatic carbocycles. The average Bonchev–Trinajstić information content (AvgIpc) is 2.93. The number of carbonyl (C=O) groups is 1. The summed E-state index contributed by atoms with van der Waals surface area (Å²) < 4.78 is 5.91. The Hall–Kier alpha value is -4.59. The molecule has 3 aromatic rings. The van der Waals surface area contributed by atoms with Crippen LogP contribution in [-0.4, -0.2) is 47.8 Å². The molecule has 5 N–H and O–H groups in total. The summed E-state index contributed by atoms with van der Waals surface area (Å²) in [5.41, 5.74) is 15.0. The number of carbonyl (C=O) groups excluding carboxylic acids is 1. The van der Waals surface area contributed by atoms with Gasteiger partial charge in [-0.15, -0.1) is 0 Å². The van der Waals surface area contributed by atoms with Crippen molar-refractivity contribution in [1.29, 1.82) is 5.41 Å². The van der Waals surface area contributed by atoms with Crippen molar-refractivity contribution in [3.8, 4) is 22.6 Å². The van der Waals surface area contributed by atoms with Crippen molar-refractivity contribution in [3.05, 3.63) is 90.0 Å². The number of anilines is 2. The van der Waals surface area contributed by atoms with E-state index in [2.05, 4.69) is 16.0 Å². The molecule has 0 saturated carbocycles. The van der Waals surface area contributed by atoms with Gasteiger partial charge in [-0.1, -0.05) is 48.6 Å². The van der Waals surface area contributed by atoms with Crippen LogP contribution in [0.4, 0.5) is 11.6 Å². The lowest BCUT2D eigenvalue weighted by Gasteiger charge is -2.36. The fraction of sp³-hybridized carbons (Fsp3) is 0.207. The van der Waals surface area contributed by atoms with Crippen LogP contribution in [0.1, 0.15) is 18.4 Å². The Balaban J connectivity index is 1.36. The number of rotatable bonds is 6. The number of aromatic nitrogens is 1. The Morgan fingerprint density at radius 3 is 2.30 bits per heavy atom. The van der Waals surface area contributed by atoms with E-state index in [1.165, 1.54) is 0 Å². The van der Waals surface area contributed by atoms with Gasteiger partial charge in [0, 0.05) is 31.8 Å². The molecule has 0 spiro atoms. The number of allylic oxidation sites excluding steroid dienone is 2. The Labute approximate surface area is 216 Å². The zero-order chi connectivity index (χ0) is 25.8. The number of nitrogens with one attached hydrogen (secondary N) is 1. The lowest BCUT2D eigenvalue weighted by molar-refractivity contribution is -0.127. The third kappa shape index (κ3) is 5.33. The molecule has 1 fully saturated rings. The summed E-state index contributed by atoms with van der Waals surface area (Å²) in [4.78, 5) is 21.4. The zero-order valence-electron chi connectivity index (χ0n) is 20.6. The highest BCUT2D eigenvalue weighted by molar-refractivity contribution is 6.06. The van der Waals surface area contributed by atoms with E-state index < -0.39 is 0 Å². The van der Waals surface area contributed by atoms with Gasteiger partial charge >= 0.3 is 0 Å². The van der Waals surface area contributed by atoms with Gasteiger partial charge in [0.15, 0.2) is 0 Å². The SMILES string of the molecule is N=C(N)c1c(-c2ccc(Oc3ccccc3)cc2)cc(N2CCN(C(=O)C3=CCCC=C3)CC2)nc1N. The molecule has 2 aliphatic rings. The second kappa shape index (κ2) is 10.6. The van der Waals surface area contributed by atoms with E-state index in [4.69, 9.17) is 21.6 Å². The molecular formula is C29H30N6O2. The fourth-order valence-electron chi connectivity index (χ4n) is 4.64. The molecule has 0 radical (unpaired) electrons. The van der Waals surface area contributed by atoms with Gasteiger partial charge in [-0.25, -0.2) is 4.98 Å². The standard InChI is InChI=1S/C29H30N6O2/c30-27(31)26-24(20-11-13-23(14-12-20)37-22-9-5-2-6-10-22)19-25(33-28(26)32)34-15-17-35(18-16-34)29(36)21-7-3-1-4-8-21/h2-3,5-14,19H,1,4,15-18H2,(H3,30,31)(H2,32,33). The summed E-state index contributed by atoms with van der Waals surface area (Å²) in [6.45, 7) is 2.47. The van der Waals surface area contributed by atoms with Gasteiger partial charge in [-0.3, -0.25) is 10.2 Å². The van der Waals surface area contributed by atoms with E-state index in [1.54, 1.807) is 0 Å². The molecule has 1 aromatic heterocycles. The van der Waals surface area contributed by atoms with Gasteiger partial charge in [-0.2, -0.15) is 0 Å². The Kier molecular flexibility index (Phi) is 6.89. The highest BCUT2D eigenvalue weighted by Crippen LogP contribution is 2.33. The van der Waals surface area contributed by atoms with Crippen molar-refractivity contribution in [2.45, 2.75) is 12.8 Å². The number of piperazine rings is 1. The molecule has 2 heterocycles. The number of amidine groups is 1. The summed E-state index contributed by atoms with van der Waals surface area (Å²) >= 11 is 0. The number of hydrogen-bond donors (Lipinski definition) is 3. The van der Waals surface area contributed by atoms with Crippen molar-refractivity contribution in [1.82, 2.24) is 9.88 Å². The molecule has 8 nitrogen and oxygen atoms in total. The van der Waals surface area contributed by atoms with Gasteiger partial charge in [0.1, 0.15) is 29.0 Å². The number of nitrogen functional groups attached to an aromatic ring is 2. The van der Waals surface area contributed by atoms with Gasteiger partial charge in [-0.05, 0) is 54.3 Å². The topological polar surface area (TPSA) is 122 Å². The number of hydrogen-bond acceptors (Lipinski definition) is 6. The number of nitrogens with two attached hydrogens (primary N) is 2. The molecule has 0 bridgehead atoms. The molecule has 37 heavy (non-hydrogen) atoms. The Morgan fingerprint density at radius 2 is 1.65 bits per heavy atom. The van der Waals surface area contributed by atoms with Crippen molar-refractivity contribution < 1.29 is 9.53 Å². The highest BCUT2D eigenvalue weighted by Gasteiger charge is 2.25. The summed E-state index contributed by atoms with van der Waals surface area (Å²) in [6, 6.07) is 19.1. The smallest absolute Gasteiger partial charge is 0.253 e. The van der Waals surface area contributed by atoms with Gasteiger partial charge in [0.2, 0.25) is 0 Å². The summed E-state index contributed by atoms with van der Waals surface area (Å²) in [7, 11) is 0. The number of para-hydroxylation sites is 1. The van der Waals surface area contributed by atoms with Crippen LogP contribution in [0.25, 0.3) is 11.1 Å². The van der Waals surface area contributed by atoms with E-state index in [-0.39, 0.29) is 17.6 Å². The van der Waals surface area contributed by atoms with Gasteiger partial charge in [0.05, 0.1) is 5.56 Å². The maximum absolute atomic E-state index is 12.9. The normalized spacial score (nSPS) is 15.3. The molecule has 8 heteroatoms. The predicted molar refractivity (Wildman–Crippen MR) is 147 cm³/mol. The summed E-state index contributed by atoms with van der Waals surface area (Å²) in [5, 5.41) is 8.11. The maximum atomic E-state index is 12.9. The van der Waals surface area contributed by atoms with Gasteiger partial charge < -0.3 is 26.0 Å². The summed E-state index contributed by atoms with van der Waals surface area (Å²) in [6.07, 6.45) is 7.88. The Morgan fingerprint density at radius 1 is 0.946 bits per heavy atom.